The van der Waals surface area contributed by atoms with Crippen LogP contribution < -0.4 is 16.1 Å². The first-order valence-electron chi connectivity index (χ1n) is 10.5. The van der Waals surface area contributed by atoms with Gasteiger partial charge in [-0.25, -0.2) is 13.6 Å². The van der Waals surface area contributed by atoms with Crippen molar-refractivity contribution in [2.75, 3.05) is 32.0 Å². The largest absolute Gasteiger partial charge is 0.477 e. The van der Waals surface area contributed by atoms with Crippen LogP contribution in [0.15, 0.2) is 35.7 Å². The van der Waals surface area contributed by atoms with Gasteiger partial charge in [-0.15, -0.1) is 5.01 Å². The lowest BCUT2D eigenvalue weighted by Gasteiger charge is -2.44. The molecule has 2 unspecified atom stereocenters. The lowest BCUT2D eigenvalue weighted by Crippen LogP contribution is -2.62. The van der Waals surface area contributed by atoms with Crippen LogP contribution in [-0.4, -0.2) is 59.9 Å². The third kappa shape index (κ3) is 3.43. The van der Waals surface area contributed by atoms with Crippen LogP contribution in [0.4, 0.5) is 20.2 Å². The highest BCUT2D eigenvalue weighted by molar-refractivity contribution is 6.28. The summed E-state index contributed by atoms with van der Waals surface area (Å²) >= 11 is 0. The second-order valence-electron chi connectivity index (χ2n) is 8.83. The number of fused-ring (bicyclic) bond motifs is 1. The van der Waals surface area contributed by atoms with Gasteiger partial charge >= 0.3 is 5.97 Å². The van der Waals surface area contributed by atoms with Crippen LogP contribution in [0.1, 0.15) is 30.1 Å². The predicted octanol–water partition coefficient (Wildman–Crippen LogP) is 1.94. The Morgan fingerprint density at radius 1 is 1.45 bits per heavy atom. The van der Waals surface area contributed by atoms with Crippen molar-refractivity contribution in [3.8, 4) is 0 Å². The number of hydrogen-bond donors (Lipinski definition) is 3. The molecule has 1 aliphatic carbocycles. The first-order valence-corrected chi connectivity index (χ1v) is 10.5. The SMILES string of the molecule is C=CCON=C1CN([N+]2(C3CC3)C=C(C(=O)O)C(=O)c3c(N)c(F)cc(F)c32)CC1(C)CN. The normalized spacial score (nSPS) is 28.5. The number of carbonyl (C=O) groups is 2. The molecule has 2 fully saturated rings. The number of nitrogens with two attached hydrogens (primary N) is 2. The van der Waals surface area contributed by atoms with Crippen molar-refractivity contribution in [3.05, 3.63) is 47.7 Å². The van der Waals surface area contributed by atoms with Gasteiger partial charge in [0.15, 0.2) is 11.4 Å². The molecule has 3 aliphatic rings. The number of rotatable bonds is 7. The highest BCUT2D eigenvalue weighted by atomic mass is 19.1. The molecule has 1 aromatic carbocycles. The highest BCUT2D eigenvalue weighted by Crippen LogP contribution is 2.51. The van der Waals surface area contributed by atoms with Crippen molar-refractivity contribution in [1.29, 1.82) is 0 Å². The van der Waals surface area contributed by atoms with E-state index in [-0.39, 0.29) is 38.0 Å². The molecule has 1 saturated carbocycles. The number of ketones is 1. The molecule has 0 spiro atoms. The van der Waals surface area contributed by atoms with Gasteiger partial charge in [-0.1, -0.05) is 24.7 Å². The first kappa shape index (κ1) is 23.0. The van der Waals surface area contributed by atoms with E-state index in [4.69, 9.17) is 16.3 Å². The predicted molar refractivity (Wildman–Crippen MR) is 118 cm³/mol. The first-order chi connectivity index (χ1) is 15.6. The third-order valence-electron chi connectivity index (χ3n) is 6.58. The van der Waals surface area contributed by atoms with Gasteiger partial charge in [0.2, 0.25) is 11.5 Å². The van der Waals surface area contributed by atoms with Gasteiger partial charge in [0, 0.05) is 30.9 Å². The van der Waals surface area contributed by atoms with Gasteiger partial charge in [0.1, 0.15) is 30.2 Å². The molecule has 2 atom stereocenters. The van der Waals surface area contributed by atoms with E-state index in [9.17, 15) is 19.1 Å². The molecule has 9 nitrogen and oxygen atoms in total. The molecule has 5 N–H and O–H groups in total. The quantitative estimate of drug-likeness (QED) is 0.141. The zero-order valence-corrected chi connectivity index (χ0v) is 18.2. The Balaban J connectivity index is 1.96. The molecule has 1 saturated heterocycles. The molecule has 33 heavy (non-hydrogen) atoms. The van der Waals surface area contributed by atoms with Crippen LogP contribution in [-0.2, 0) is 9.63 Å². The summed E-state index contributed by atoms with van der Waals surface area (Å²) < 4.78 is 29.4. The molecule has 4 rings (SSSR count). The summed E-state index contributed by atoms with van der Waals surface area (Å²) in [7, 11) is 0. The lowest BCUT2D eigenvalue weighted by molar-refractivity contribution is -0.132. The van der Waals surface area contributed by atoms with Gasteiger partial charge in [0.25, 0.3) is 0 Å². The Bertz CT molecular complexity index is 1120. The highest BCUT2D eigenvalue weighted by Gasteiger charge is 2.61. The van der Waals surface area contributed by atoms with Crippen molar-refractivity contribution in [3.63, 3.8) is 0 Å². The fraction of sp³-hybridized carbons (Fsp3) is 0.409. The standard InChI is InChI=1S/C22H25F2N5O4/c1-3-6-33-27-16-8-28(11-22(16,2)10-25)29(12-4-5-12)9-13(21(31)32)20(30)17-18(26)14(23)7-15(24)19(17)29/h3,7,9,12H,1,4-6,8,10-11,25H2,2H3,(H2-,26,30,31,32)/p+1. The summed E-state index contributed by atoms with van der Waals surface area (Å²) in [6, 6.07) is 0.373. The van der Waals surface area contributed by atoms with Crippen LogP contribution in [0.5, 0.6) is 0 Å². The van der Waals surface area contributed by atoms with Crippen LogP contribution in [0.3, 0.4) is 0 Å². The zero-order valence-electron chi connectivity index (χ0n) is 18.2. The number of oxime groups is 1. The molecular formula is C22H26F2N5O4+. The monoisotopic (exact) mass is 462 g/mol. The van der Waals surface area contributed by atoms with Gasteiger partial charge in [-0.3, -0.25) is 4.79 Å². The fourth-order valence-electron chi connectivity index (χ4n) is 4.66. The number of hydrogen-bond acceptors (Lipinski definition) is 7. The average Bonchev–Trinajstić information content (AvgIpc) is 3.56. The maximum absolute atomic E-state index is 15.4. The molecule has 0 radical (unpaired) electrons. The summed E-state index contributed by atoms with van der Waals surface area (Å²) in [6.45, 7) is 6.26. The number of anilines is 1. The molecule has 2 heterocycles. The van der Waals surface area contributed by atoms with E-state index in [1.807, 2.05) is 6.92 Å². The summed E-state index contributed by atoms with van der Waals surface area (Å²) in [5.74, 6) is -4.61. The van der Waals surface area contributed by atoms with E-state index in [2.05, 4.69) is 11.7 Å². The van der Waals surface area contributed by atoms with Crippen molar-refractivity contribution in [2.24, 2.45) is 16.3 Å². The molecule has 1 aromatic rings. The average molecular weight is 462 g/mol. The number of halogens is 2. The van der Waals surface area contributed by atoms with Crippen LogP contribution >= 0.6 is 0 Å². The minimum Gasteiger partial charge on any atom is -0.477 e. The minimum absolute atomic E-state index is 0.154. The van der Waals surface area contributed by atoms with Crippen molar-refractivity contribution in [2.45, 2.75) is 25.8 Å². The Hall–Kier alpha value is -3.15. The number of nitrogen functional groups attached to an aromatic ring is 1. The molecule has 176 valence electrons. The number of aliphatic carboxylic acids is 1. The number of carboxylic acid groups (broad SMARTS) is 1. The van der Waals surface area contributed by atoms with Crippen LogP contribution in [0.2, 0.25) is 0 Å². The Morgan fingerprint density at radius 2 is 2.15 bits per heavy atom. The van der Waals surface area contributed by atoms with E-state index < -0.39 is 50.2 Å². The van der Waals surface area contributed by atoms with E-state index in [0.29, 0.717) is 24.6 Å². The van der Waals surface area contributed by atoms with Gasteiger partial charge in [-0.2, -0.15) is 4.59 Å². The Labute approximate surface area is 189 Å². The van der Waals surface area contributed by atoms with E-state index >= 15 is 4.39 Å². The van der Waals surface area contributed by atoms with Crippen molar-refractivity contribution in [1.82, 2.24) is 9.60 Å². The van der Waals surface area contributed by atoms with E-state index in [1.54, 1.807) is 5.01 Å². The number of carboxylic acids is 1. The summed E-state index contributed by atoms with van der Waals surface area (Å²) in [5, 5.41) is 15.8. The maximum Gasteiger partial charge on any atom is 0.345 e. The number of quaternary nitrogens is 1. The van der Waals surface area contributed by atoms with Crippen molar-refractivity contribution < 1.29 is 28.3 Å². The van der Waals surface area contributed by atoms with Crippen LogP contribution in [0.25, 0.3) is 0 Å². The molecule has 0 aromatic heterocycles. The number of benzene rings is 1. The molecule has 0 bridgehead atoms. The zero-order chi connectivity index (χ0) is 24.1. The lowest BCUT2D eigenvalue weighted by atomic mass is 9.88. The summed E-state index contributed by atoms with van der Waals surface area (Å²) in [6.07, 6.45) is 4.07. The Morgan fingerprint density at radius 3 is 2.73 bits per heavy atom. The molecular weight excluding hydrogens is 436 g/mol. The summed E-state index contributed by atoms with van der Waals surface area (Å²) in [5.41, 5.74) is 10.1. The second kappa shape index (κ2) is 8.01. The topological polar surface area (TPSA) is 131 Å². The molecule has 0 amide bonds. The molecule has 2 aliphatic heterocycles. The number of Topliss-reactive ketones (excluding diaryl/α,β-unsaturated/α-hetero) is 1. The van der Waals surface area contributed by atoms with Crippen molar-refractivity contribution >= 4 is 28.8 Å². The van der Waals surface area contributed by atoms with Crippen LogP contribution in [0, 0.1) is 17.0 Å². The number of carbonyl (C=O) groups excluding carboxylic acids is 1. The Kier molecular flexibility index (Phi) is 5.59. The number of nitrogens with zero attached hydrogens (tertiary/aromatic N) is 3. The van der Waals surface area contributed by atoms with E-state index in [1.165, 1.54) is 12.3 Å². The van der Waals surface area contributed by atoms with Gasteiger partial charge in [0.05, 0.1) is 24.5 Å². The van der Waals surface area contributed by atoms with E-state index in [0.717, 1.165) is 0 Å². The van der Waals surface area contributed by atoms with Gasteiger partial charge < -0.3 is 21.4 Å². The maximum atomic E-state index is 15.4. The van der Waals surface area contributed by atoms with Gasteiger partial charge in [-0.05, 0) is 0 Å². The third-order valence-corrected chi connectivity index (χ3v) is 6.58. The fourth-order valence-corrected chi connectivity index (χ4v) is 4.66. The second-order valence-corrected chi connectivity index (χ2v) is 8.83. The minimum atomic E-state index is -1.50. The molecule has 11 heteroatoms. The summed E-state index contributed by atoms with van der Waals surface area (Å²) in [4.78, 5) is 30.3. The smallest absolute Gasteiger partial charge is 0.345 e.